The predicted molar refractivity (Wildman–Crippen MR) is 35.0 cm³/mol. The van der Waals surface area contributed by atoms with Gasteiger partial charge in [-0.05, 0) is 13.8 Å². The lowest BCUT2D eigenvalue weighted by Crippen LogP contribution is -2.08. The highest BCUT2D eigenvalue weighted by atomic mass is 19.1. The van der Waals surface area contributed by atoms with Crippen LogP contribution in [0.2, 0.25) is 1.41 Å². The molecule has 1 heterocycles. The standard InChI is InChI=1S/C6H9FN2O/c1-6(2,7)4-3-5(8)10-9-4/h3H,8H2,1-2H3/i3D/hD. The van der Waals surface area contributed by atoms with E-state index in [1.165, 1.54) is 13.8 Å². The lowest BCUT2D eigenvalue weighted by molar-refractivity contribution is 0.205. The fourth-order valence-corrected chi connectivity index (χ4v) is 0.502. The van der Waals surface area contributed by atoms with Gasteiger partial charge in [-0.3, -0.25) is 0 Å². The van der Waals surface area contributed by atoms with Crippen molar-refractivity contribution in [1.29, 1.82) is 0 Å². The Labute approximate surface area is 60.9 Å². The second kappa shape index (κ2) is 1.97. The molecule has 0 bridgehead atoms. The monoisotopic (exact) mass is 146 g/mol. The lowest BCUT2D eigenvalue weighted by atomic mass is 10.1. The average molecular weight is 146 g/mol. The number of nitrogen functional groups attached to an aromatic ring is 1. The van der Waals surface area contributed by atoms with Crippen molar-refractivity contribution in [3.05, 3.63) is 11.7 Å². The molecule has 0 aromatic carbocycles. The van der Waals surface area contributed by atoms with Gasteiger partial charge in [-0.1, -0.05) is 5.16 Å². The largest absolute Gasteiger partial charge is 0.368 e. The van der Waals surface area contributed by atoms with Crippen LogP contribution in [-0.4, -0.2) is 5.16 Å². The van der Waals surface area contributed by atoms with Crippen molar-refractivity contribution in [3.63, 3.8) is 0 Å². The van der Waals surface area contributed by atoms with Gasteiger partial charge >= 0.3 is 0 Å². The van der Waals surface area contributed by atoms with Crippen LogP contribution >= 0.6 is 0 Å². The fourth-order valence-electron chi connectivity index (χ4n) is 0.502. The van der Waals surface area contributed by atoms with E-state index in [4.69, 9.17) is 2.78 Å². The first-order valence-corrected chi connectivity index (χ1v) is 2.80. The molecule has 1 aromatic heterocycles. The van der Waals surface area contributed by atoms with Gasteiger partial charge in [0.05, 0.1) is 1.37 Å². The van der Waals surface area contributed by atoms with Gasteiger partial charge in [0, 0.05) is 6.04 Å². The highest BCUT2D eigenvalue weighted by molar-refractivity contribution is 5.26. The Morgan fingerprint density at radius 2 is 2.70 bits per heavy atom. The number of anilines is 1. The summed E-state index contributed by atoms with van der Waals surface area (Å²) in [6.07, 6.45) is 0. The molecule has 0 spiro atoms. The van der Waals surface area contributed by atoms with E-state index < -0.39 is 5.67 Å². The number of nitrogens with two attached hydrogens (primary N) is 1. The second-order valence-electron chi connectivity index (χ2n) is 2.46. The van der Waals surface area contributed by atoms with Gasteiger partial charge in [0.25, 0.3) is 0 Å². The maximum absolute atomic E-state index is 13.2. The molecule has 0 aliphatic carbocycles. The maximum atomic E-state index is 13.2. The molecule has 0 atom stereocenters. The average Bonchev–Trinajstić information content (AvgIpc) is 2.29. The zero-order chi connectivity index (χ0) is 9.35. The molecule has 1 rings (SSSR count). The summed E-state index contributed by atoms with van der Waals surface area (Å²) in [7, 11) is 0. The zero-order valence-corrected chi connectivity index (χ0v) is 5.73. The van der Waals surface area contributed by atoms with Crippen LogP contribution in [0.1, 0.15) is 20.9 Å². The van der Waals surface area contributed by atoms with E-state index in [0.717, 1.165) is 0 Å². The highest BCUT2D eigenvalue weighted by Crippen LogP contribution is 2.24. The number of halogens is 1. The van der Waals surface area contributed by atoms with Crippen LogP contribution in [0.4, 0.5) is 10.3 Å². The van der Waals surface area contributed by atoms with Crippen molar-refractivity contribution in [3.8, 4) is 0 Å². The Balaban J connectivity index is 3.11. The number of hydrogen-bond acceptors (Lipinski definition) is 3. The van der Waals surface area contributed by atoms with E-state index in [0.29, 0.717) is 0 Å². The molecule has 0 saturated carbocycles. The molecule has 4 heteroatoms. The predicted octanol–water partition coefficient (Wildman–Crippen LogP) is 1.46. The molecule has 1 aromatic rings. The Hall–Kier alpha value is -1.06. The molecular formula is C6H9FN2O. The number of aromatic nitrogens is 1. The zero-order valence-electron chi connectivity index (χ0n) is 7.73. The topological polar surface area (TPSA) is 52.0 Å². The Bertz CT molecular complexity index is 282. The summed E-state index contributed by atoms with van der Waals surface area (Å²) in [5, 5.41) is 3.34. The van der Waals surface area contributed by atoms with E-state index in [1.54, 1.807) is 0 Å². The van der Waals surface area contributed by atoms with Crippen LogP contribution in [0.3, 0.4) is 0 Å². The molecule has 0 unspecified atom stereocenters. The smallest absolute Gasteiger partial charge is 0.222 e. The van der Waals surface area contributed by atoms with Crippen molar-refractivity contribution in [2.75, 3.05) is 5.73 Å². The van der Waals surface area contributed by atoms with Crippen LogP contribution in [0.25, 0.3) is 0 Å². The van der Waals surface area contributed by atoms with Crippen molar-refractivity contribution in [1.82, 2.24) is 5.16 Å². The first-order valence-electron chi connectivity index (χ1n) is 3.80. The normalized spacial score (nSPS) is 14.3. The molecule has 0 aliphatic rings. The minimum atomic E-state index is -1.71. The summed E-state index contributed by atoms with van der Waals surface area (Å²) in [6.45, 7) is 2.55. The van der Waals surface area contributed by atoms with Crippen LogP contribution in [0.15, 0.2) is 10.6 Å². The van der Waals surface area contributed by atoms with Gasteiger partial charge in [-0.2, -0.15) is 0 Å². The molecule has 0 fully saturated rings. The summed E-state index contributed by atoms with van der Waals surface area (Å²) in [5.74, 6) is -0.143. The van der Waals surface area contributed by atoms with E-state index in [9.17, 15) is 4.39 Å². The first kappa shape index (κ1) is 4.71. The molecule has 2 N–H and O–H groups in total. The van der Waals surface area contributed by atoms with E-state index in [1.807, 2.05) is 5.73 Å². The molecule has 0 aliphatic heterocycles. The molecule has 56 valence electrons. The molecule has 0 amide bonds. The number of hydrogen-bond donors (Lipinski definition) is 1. The van der Waals surface area contributed by atoms with E-state index in [-0.39, 0.29) is 17.6 Å². The maximum Gasteiger partial charge on any atom is 0.222 e. The molecule has 3 nitrogen and oxygen atoms in total. The Morgan fingerprint density at radius 3 is 3.00 bits per heavy atom. The van der Waals surface area contributed by atoms with Gasteiger partial charge in [-0.15, -0.1) is 0 Å². The van der Waals surface area contributed by atoms with Gasteiger partial charge in [0.2, 0.25) is 5.88 Å². The first-order chi connectivity index (χ1) is 5.46. The third-order valence-electron chi connectivity index (χ3n) is 1.02. The third kappa shape index (κ3) is 1.26. The lowest BCUT2D eigenvalue weighted by Gasteiger charge is -2.07. The summed E-state index contributed by atoms with van der Waals surface area (Å²) in [5.41, 5.74) is 0.0420. The second-order valence-corrected chi connectivity index (χ2v) is 2.46. The van der Waals surface area contributed by atoms with Gasteiger partial charge in [0.1, 0.15) is 5.69 Å². The summed E-state index contributed by atoms with van der Waals surface area (Å²) in [6, 6.07) is -0.211. The van der Waals surface area contributed by atoms with Crippen LogP contribution in [-0.2, 0) is 5.67 Å². The molecule has 0 radical (unpaired) electrons. The highest BCUT2D eigenvalue weighted by Gasteiger charge is 2.22. The van der Waals surface area contributed by atoms with Gasteiger partial charge in [0.15, 0.2) is 7.08 Å². The van der Waals surface area contributed by atoms with E-state index in [2.05, 4.69) is 9.68 Å². The Kier molecular flexibility index (Phi) is 0.927. The fraction of sp³-hybridized carbons (Fsp3) is 0.500. The quantitative estimate of drug-likeness (QED) is 0.687. The summed E-state index contributed by atoms with van der Waals surface area (Å²) < 4.78 is 31.7. The van der Waals surface area contributed by atoms with Crippen LogP contribution in [0, 0.1) is 0 Å². The minimum absolute atomic E-state index is 0.0998. The van der Waals surface area contributed by atoms with Crippen LogP contribution in [0.5, 0.6) is 0 Å². The van der Waals surface area contributed by atoms with Gasteiger partial charge in [-0.25, -0.2) is 4.39 Å². The van der Waals surface area contributed by atoms with Crippen molar-refractivity contribution >= 4 is 5.88 Å². The number of alkyl halides is 1. The summed E-state index contributed by atoms with van der Waals surface area (Å²) >= 11 is 0. The van der Waals surface area contributed by atoms with Crippen molar-refractivity contribution < 1.29 is 11.7 Å². The third-order valence-corrected chi connectivity index (χ3v) is 1.02. The molecule has 0 saturated heterocycles. The van der Waals surface area contributed by atoms with Crippen molar-refractivity contribution in [2.24, 2.45) is 0 Å². The Morgan fingerprint density at radius 1 is 2.00 bits per heavy atom. The minimum Gasteiger partial charge on any atom is -0.368 e. The SMILES string of the molecule is [2H]Nc1onc(C(C)(C)F)c1[2H]. The van der Waals surface area contributed by atoms with Crippen molar-refractivity contribution in [2.45, 2.75) is 19.5 Å². The van der Waals surface area contributed by atoms with Gasteiger partial charge < -0.3 is 10.2 Å². The summed E-state index contributed by atoms with van der Waals surface area (Å²) in [4.78, 5) is 0. The number of rotatable bonds is 2. The van der Waals surface area contributed by atoms with Crippen LogP contribution < -0.4 is 5.73 Å². The molecular weight excluding hydrogens is 135 g/mol. The van der Waals surface area contributed by atoms with E-state index >= 15 is 0 Å². The number of nitrogens with zero attached hydrogens (tertiary/aromatic N) is 1. The molecule has 10 heavy (non-hydrogen) atoms.